The van der Waals surface area contributed by atoms with Gasteiger partial charge in [0.1, 0.15) is 0 Å². The highest BCUT2D eigenvalue weighted by atomic mass is 16.4. The summed E-state index contributed by atoms with van der Waals surface area (Å²) in [6.07, 6.45) is -0.789. The molecule has 0 aromatic rings. The van der Waals surface area contributed by atoms with Crippen LogP contribution in [-0.4, -0.2) is 65.8 Å². The fraction of sp³-hybridized carbons (Fsp3) is 0.889. The van der Waals surface area contributed by atoms with E-state index in [0.717, 1.165) is 19.6 Å². The number of carboxylic acid groups (broad SMARTS) is 1. The molecule has 2 fully saturated rings. The smallest absolute Gasteiger partial charge is 0.407 e. The quantitative estimate of drug-likeness (QED) is 0.559. The van der Waals surface area contributed by atoms with Crippen molar-refractivity contribution in [2.45, 2.75) is 19.0 Å². The first-order valence-electron chi connectivity index (χ1n) is 5.13. The highest BCUT2D eigenvalue weighted by molar-refractivity contribution is 5.65. The Bertz CT molecular complexity index is 234. The number of hydrogen-bond donors (Lipinski definition) is 2. The SMILES string of the molecule is C[C@H]1CNC[C@@H]2CN(C(=O)O)CCN21. The maximum atomic E-state index is 10.8. The molecule has 0 aliphatic carbocycles. The number of amides is 1. The van der Waals surface area contributed by atoms with Gasteiger partial charge < -0.3 is 15.3 Å². The van der Waals surface area contributed by atoms with E-state index in [2.05, 4.69) is 17.1 Å². The molecule has 0 radical (unpaired) electrons. The van der Waals surface area contributed by atoms with Crippen LogP contribution in [0.4, 0.5) is 4.79 Å². The third kappa shape index (κ3) is 1.69. The van der Waals surface area contributed by atoms with Gasteiger partial charge >= 0.3 is 6.09 Å². The zero-order valence-electron chi connectivity index (χ0n) is 8.44. The minimum absolute atomic E-state index is 0.364. The summed E-state index contributed by atoms with van der Waals surface area (Å²) in [6.45, 7) is 6.29. The molecule has 2 atom stereocenters. The minimum Gasteiger partial charge on any atom is -0.465 e. The Balaban J connectivity index is 1.99. The largest absolute Gasteiger partial charge is 0.465 e. The number of piperazine rings is 2. The van der Waals surface area contributed by atoms with Crippen LogP contribution in [0.15, 0.2) is 0 Å². The van der Waals surface area contributed by atoms with Crippen LogP contribution in [-0.2, 0) is 0 Å². The zero-order valence-corrected chi connectivity index (χ0v) is 8.44. The number of hydrogen-bond acceptors (Lipinski definition) is 3. The van der Waals surface area contributed by atoms with Gasteiger partial charge in [0.15, 0.2) is 0 Å². The van der Waals surface area contributed by atoms with Crippen LogP contribution in [0.1, 0.15) is 6.92 Å². The summed E-state index contributed by atoms with van der Waals surface area (Å²) in [6, 6.07) is 0.897. The molecule has 5 heteroatoms. The van der Waals surface area contributed by atoms with Gasteiger partial charge in [-0.05, 0) is 6.92 Å². The van der Waals surface area contributed by atoms with Gasteiger partial charge in [-0.15, -0.1) is 0 Å². The Morgan fingerprint density at radius 1 is 1.43 bits per heavy atom. The average molecular weight is 199 g/mol. The highest BCUT2D eigenvalue weighted by Gasteiger charge is 2.34. The van der Waals surface area contributed by atoms with E-state index in [9.17, 15) is 4.79 Å². The second kappa shape index (κ2) is 3.74. The molecule has 0 saturated carbocycles. The van der Waals surface area contributed by atoms with Crippen LogP contribution >= 0.6 is 0 Å². The lowest BCUT2D eigenvalue weighted by Crippen LogP contribution is -2.64. The van der Waals surface area contributed by atoms with Crippen molar-refractivity contribution >= 4 is 6.09 Å². The molecule has 2 N–H and O–H groups in total. The number of rotatable bonds is 0. The van der Waals surface area contributed by atoms with Gasteiger partial charge in [-0.2, -0.15) is 0 Å². The molecule has 2 heterocycles. The standard InChI is InChI=1S/C9H17N3O2/c1-7-4-10-5-8-6-11(9(13)14)2-3-12(7)8/h7-8,10H,2-6H2,1H3,(H,13,14)/t7-,8+/m0/s1. The van der Waals surface area contributed by atoms with Crippen molar-refractivity contribution in [3.05, 3.63) is 0 Å². The van der Waals surface area contributed by atoms with Gasteiger partial charge in [-0.25, -0.2) is 4.79 Å². The van der Waals surface area contributed by atoms with Gasteiger partial charge in [-0.1, -0.05) is 0 Å². The van der Waals surface area contributed by atoms with Crippen molar-refractivity contribution in [2.75, 3.05) is 32.7 Å². The van der Waals surface area contributed by atoms with Crippen molar-refractivity contribution in [1.29, 1.82) is 0 Å². The normalized spacial score (nSPS) is 33.9. The van der Waals surface area contributed by atoms with Crippen molar-refractivity contribution in [1.82, 2.24) is 15.1 Å². The molecule has 0 spiro atoms. The zero-order chi connectivity index (χ0) is 10.1. The molecule has 2 saturated heterocycles. The first-order chi connectivity index (χ1) is 6.68. The minimum atomic E-state index is -0.789. The highest BCUT2D eigenvalue weighted by Crippen LogP contribution is 2.15. The van der Waals surface area contributed by atoms with Gasteiger partial charge in [0.2, 0.25) is 0 Å². The number of nitrogens with one attached hydrogen (secondary N) is 1. The maximum Gasteiger partial charge on any atom is 0.407 e. The predicted molar refractivity (Wildman–Crippen MR) is 52.4 cm³/mol. The topological polar surface area (TPSA) is 55.8 Å². The summed E-state index contributed by atoms with van der Waals surface area (Å²) in [5.41, 5.74) is 0. The van der Waals surface area contributed by atoms with Crippen LogP contribution in [0.3, 0.4) is 0 Å². The van der Waals surface area contributed by atoms with Crippen LogP contribution < -0.4 is 5.32 Å². The van der Waals surface area contributed by atoms with Crippen molar-refractivity contribution in [3.63, 3.8) is 0 Å². The second-order valence-electron chi connectivity index (χ2n) is 4.13. The van der Waals surface area contributed by atoms with Gasteiger partial charge in [0, 0.05) is 44.8 Å². The molecule has 2 aliphatic rings. The summed E-state index contributed by atoms with van der Waals surface area (Å²) in [5.74, 6) is 0. The second-order valence-corrected chi connectivity index (χ2v) is 4.13. The molecule has 2 rings (SSSR count). The summed E-state index contributed by atoms with van der Waals surface area (Å²) < 4.78 is 0. The Hall–Kier alpha value is -0.810. The monoisotopic (exact) mass is 199 g/mol. The van der Waals surface area contributed by atoms with E-state index >= 15 is 0 Å². The lowest BCUT2D eigenvalue weighted by molar-refractivity contribution is 0.0287. The molecule has 80 valence electrons. The predicted octanol–water partition coefficient (Wildman–Crippen LogP) is -0.358. The first-order valence-corrected chi connectivity index (χ1v) is 5.13. The molecule has 0 aromatic heterocycles. The fourth-order valence-corrected chi connectivity index (χ4v) is 2.38. The molecule has 0 unspecified atom stereocenters. The van der Waals surface area contributed by atoms with E-state index in [1.807, 2.05) is 0 Å². The molecule has 0 aromatic carbocycles. The van der Waals surface area contributed by atoms with E-state index < -0.39 is 6.09 Å². The molecule has 0 bridgehead atoms. The Labute approximate surface area is 83.7 Å². The van der Waals surface area contributed by atoms with Crippen molar-refractivity contribution in [2.24, 2.45) is 0 Å². The molecule has 14 heavy (non-hydrogen) atoms. The first kappa shape index (κ1) is 9.73. The average Bonchev–Trinajstić information content (AvgIpc) is 2.17. The Kier molecular flexibility index (Phi) is 2.60. The number of carbonyl (C=O) groups is 1. The fourth-order valence-electron chi connectivity index (χ4n) is 2.38. The Morgan fingerprint density at radius 3 is 2.93 bits per heavy atom. The lowest BCUT2D eigenvalue weighted by Gasteiger charge is -2.46. The third-order valence-electron chi connectivity index (χ3n) is 3.18. The van der Waals surface area contributed by atoms with Crippen LogP contribution in [0, 0.1) is 0 Å². The summed E-state index contributed by atoms with van der Waals surface area (Å²) in [7, 11) is 0. The Morgan fingerprint density at radius 2 is 2.21 bits per heavy atom. The van der Waals surface area contributed by atoms with E-state index in [1.165, 1.54) is 4.90 Å². The molecular formula is C9H17N3O2. The van der Waals surface area contributed by atoms with Crippen molar-refractivity contribution < 1.29 is 9.90 Å². The van der Waals surface area contributed by atoms with Crippen LogP contribution in [0.25, 0.3) is 0 Å². The third-order valence-corrected chi connectivity index (χ3v) is 3.18. The summed E-state index contributed by atoms with van der Waals surface area (Å²) in [4.78, 5) is 14.7. The molecule has 2 aliphatic heterocycles. The van der Waals surface area contributed by atoms with E-state index in [-0.39, 0.29) is 0 Å². The van der Waals surface area contributed by atoms with Crippen molar-refractivity contribution in [3.8, 4) is 0 Å². The molecule has 5 nitrogen and oxygen atoms in total. The van der Waals surface area contributed by atoms with E-state index in [0.29, 0.717) is 25.2 Å². The van der Waals surface area contributed by atoms with E-state index in [1.54, 1.807) is 0 Å². The molecular weight excluding hydrogens is 182 g/mol. The van der Waals surface area contributed by atoms with Crippen LogP contribution in [0.2, 0.25) is 0 Å². The number of nitrogens with zero attached hydrogens (tertiary/aromatic N) is 2. The number of fused-ring (bicyclic) bond motifs is 1. The molecule has 1 amide bonds. The summed E-state index contributed by atoms with van der Waals surface area (Å²) >= 11 is 0. The van der Waals surface area contributed by atoms with E-state index in [4.69, 9.17) is 5.11 Å². The van der Waals surface area contributed by atoms with Crippen LogP contribution in [0.5, 0.6) is 0 Å². The van der Waals surface area contributed by atoms with Gasteiger partial charge in [0.25, 0.3) is 0 Å². The van der Waals surface area contributed by atoms with Gasteiger partial charge in [0.05, 0.1) is 0 Å². The summed E-state index contributed by atoms with van der Waals surface area (Å²) in [5, 5.41) is 12.2. The maximum absolute atomic E-state index is 10.8. The van der Waals surface area contributed by atoms with Gasteiger partial charge in [-0.3, -0.25) is 4.90 Å². The lowest BCUT2D eigenvalue weighted by atomic mass is 10.1.